The van der Waals surface area contributed by atoms with Gasteiger partial charge in [-0.2, -0.15) is 0 Å². The lowest BCUT2D eigenvalue weighted by Crippen LogP contribution is -2.42. The van der Waals surface area contributed by atoms with Crippen LogP contribution in [0.4, 0.5) is 4.39 Å². The van der Waals surface area contributed by atoms with Crippen molar-refractivity contribution in [3.8, 4) is 0 Å². The number of amides is 1. The van der Waals surface area contributed by atoms with E-state index in [1.165, 1.54) is 23.3 Å². The van der Waals surface area contributed by atoms with Gasteiger partial charge in [0.15, 0.2) is 0 Å². The number of carbonyl (C=O) groups is 1. The summed E-state index contributed by atoms with van der Waals surface area (Å²) in [6.45, 7) is 2.33. The molecule has 1 saturated carbocycles. The van der Waals surface area contributed by atoms with Gasteiger partial charge >= 0.3 is 0 Å². The maximum atomic E-state index is 13.7. The first kappa shape index (κ1) is 18.9. The first-order valence-electron chi connectivity index (χ1n) is 9.03. The summed E-state index contributed by atoms with van der Waals surface area (Å²) in [4.78, 5) is 13.0. The summed E-state index contributed by atoms with van der Waals surface area (Å²) in [5.41, 5.74) is 3.99. The van der Waals surface area contributed by atoms with Crippen LogP contribution in [0.3, 0.4) is 0 Å². The van der Waals surface area contributed by atoms with Crippen molar-refractivity contribution >= 4 is 18.3 Å². The van der Waals surface area contributed by atoms with Gasteiger partial charge in [-0.15, -0.1) is 12.4 Å². The second-order valence-electron chi connectivity index (χ2n) is 7.19. The van der Waals surface area contributed by atoms with Crippen LogP contribution in [0.1, 0.15) is 47.9 Å². The number of hydrogen-bond acceptors (Lipinski definition) is 2. The lowest BCUT2D eigenvalue weighted by Gasteiger charge is -2.28. The van der Waals surface area contributed by atoms with Gasteiger partial charge in [-0.05, 0) is 47.2 Å². The summed E-state index contributed by atoms with van der Waals surface area (Å²) in [7, 11) is 0. The highest BCUT2D eigenvalue weighted by Crippen LogP contribution is 2.41. The smallest absolute Gasteiger partial charge is 0.230 e. The van der Waals surface area contributed by atoms with Crippen LogP contribution in [0.2, 0.25) is 0 Å². The van der Waals surface area contributed by atoms with E-state index in [1.54, 1.807) is 6.07 Å². The van der Waals surface area contributed by atoms with Gasteiger partial charge in [-0.25, -0.2) is 4.39 Å². The van der Waals surface area contributed by atoms with Crippen molar-refractivity contribution in [2.75, 3.05) is 0 Å². The number of rotatable bonds is 4. The van der Waals surface area contributed by atoms with E-state index in [9.17, 15) is 9.18 Å². The van der Waals surface area contributed by atoms with Crippen molar-refractivity contribution in [1.29, 1.82) is 0 Å². The lowest BCUT2D eigenvalue weighted by molar-refractivity contribution is -0.126. The van der Waals surface area contributed by atoms with Crippen LogP contribution < -0.4 is 10.6 Å². The molecule has 2 N–H and O–H groups in total. The van der Waals surface area contributed by atoms with Crippen molar-refractivity contribution in [3.05, 3.63) is 70.5 Å². The first-order chi connectivity index (χ1) is 12.2. The Labute approximate surface area is 159 Å². The number of halogens is 2. The van der Waals surface area contributed by atoms with E-state index >= 15 is 0 Å². The van der Waals surface area contributed by atoms with E-state index in [1.807, 2.05) is 6.07 Å². The molecule has 1 amide bonds. The minimum absolute atomic E-state index is 0. The molecular weight excluding hydrogens is 351 g/mol. The third-order valence-electron chi connectivity index (χ3n) is 5.62. The maximum absolute atomic E-state index is 13.7. The summed E-state index contributed by atoms with van der Waals surface area (Å²) >= 11 is 0. The van der Waals surface area contributed by atoms with Crippen LogP contribution in [-0.2, 0) is 29.8 Å². The molecular formula is C21H24ClFN2O. The molecule has 1 heterocycles. The van der Waals surface area contributed by atoms with E-state index in [-0.39, 0.29) is 24.1 Å². The fourth-order valence-corrected chi connectivity index (χ4v) is 4.22. The molecule has 2 aliphatic rings. The van der Waals surface area contributed by atoms with Gasteiger partial charge in [0.2, 0.25) is 5.91 Å². The van der Waals surface area contributed by atoms with Crippen LogP contribution in [0.5, 0.6) is 0 Å². The lowest BCUT2D eigenvalue weighted by atomic mass is 9.78. The Bertz CT molecular complexity index is 802. The topological polar surface area (TPSA) is 41.1 Å². The second-order valence-corrected chi connectivity index (χ2v) is 7.19. The Kier molecular flexibility index (Phi) is 5.64. The maximum Gasteiger partial charge on any atom is 0.230 e. The summed E-state index contributed by atoms with van der Waals surface area (Å²) in [5, 5.41) is 6.44. The van der Waals surface area contributed by atoms with Crippen molar-refractivity contribution in [2.24, 2.45) is 0 Å². The zero-order valence-corrected chi connectivity index (χ0v) is 15.5. The average Bonchev–Trinajstić information content (AvgIpc) is 3.29. The summed E-state index contributed by atoms with van der Waals surface area (Å²) in [5.74, 6) is -0.253. The number of hydrogen-bond donors (Lipinski definition) is 2. The molecule has 4 rings (SSSR count). The second kappa shape index (κ2) is 7.77. The minimum Gasteiger partial charge on any atom is -0.351 e. The zero-order valence-electron chi connectivity index (χ0n) is 14.7. The van der Waals surface area contributed by atoms with E-state index in [0.717, 1.165) is 49.9 Å². The fourth-order valence-electron chi connectivity index (χ4n) is 4.22. The van der Waals surface area contributed by atoms with Crippen LogP contribution in [-0.4, -0.2) is 5.91 Å². The van der Waals surface area contributed by atoms with Gasteiger partial charge in [-0.1, -0.05) is 43.2 Å². The Morgan fingerprint density at radius 1 is 1.08 bits per heavy atom. The minimum atomic E-state index is -0.583. The molecule has 0 unspecified atom stereocenters. The molecule has 26 heavy (non-hydrogen) atoms. The van der Waals surface area contributed by atoms with Gasteiger partial charge in [0.05, 0.1) is 5.41 Å². The number of carbonyl (C=O) groups excluding carboxylic acids is 1. The normalized spacial score (nSPS) is 17.4. The van der Waals surface area contributed by atoms with Crippen molar-refractivity contribution in [3.63, 3.8) is 0 Å². The van der Waals surface area contributed by atoms with E-state index in [2.05, 4.69) is 28.8 Å². The van der Waals surface area contributed by atoms with Crippen LogP contribution >= 0.6 is 12.4 Å². The first-order valence-corrected chi connectivity index (χ1v) is 9.03. The number of fused-ring (bicyclic) bond motifs is 1. The Morgan fingerprint density at radius 2 is 1.85 bits per heavy atom. The zero-order chi connectivity index (χ0) is 17.3. The van der Waals surface area contributed by atoms with E-state index in [4.69, 9.17) is 0 Å². The molecule has 0 saturated heterocycles. The highest BCUT2D eigenvalue weighted by atomic mass is 35.5. The molecule has 1 aliphatic heterocycles. The highest BCUT2D eigenvalue weighted by Gasteiger charge is 2.42. The van der Waals surface area contributed by atoms with E-state index in [0.29, 0.717) is 6.54 Å². The van der Waals surface area contributed by atoms with Gasteiger partial charge in [0.1, 0.15) is 5.82 Å². The molecule has 1 fully saturated rings. The van der Waals surface area contributed by atoms with Gasteiger partial charge in [0.25, 0.3) is 0 Å². The molecule has 3 nitrogen and oxygen atoms in total. The SMILES string of the molecule is Cl.O=C(NCc1ccc2c(c1)CNC2)C1(c2cccc(F)c2)CCCC1. The Balaban J connectivity index is 0.00000196. The van der Waals surface area contributed by atoms with Crippen molar-refractivity contribution in [1.82, 2.24) is 10.6 Å². The highest BCUT2D eigenvalue weighted by molar-refractivity contribution is 5.88. The molecule has 0 spiro atoms. The standard InChI is InChI=1S/C21H23FN2O.ClH/c22-19-5-3-4-18(11-19)21(8-1-2-9-21)20(25)24-12-15-6-7-16-13-23-14-17(16)10-15;/h3-7,10-11,23H,1-2,8-9,12-14H2,(H,24,25);1H. The van der Waals surface area contributed by atoms with Crippen LogP contribution in [0, 0.1) is 5.82 Å². The molecule has 0 aromatic heterocycles. The Morgan fingerprint density at radius 3 is 2.62 bits per heavy atom. The summed E-state index contributed by atoms with van der Waals surface area (Å²) < 4.78 is 13.7. The van der Waals surface area contributed by atoms with Crippen molar-refractivity contribution < 1.29 is 9.18 Å². The predicted molar refractivity (Wildman–Crippen MR) is 103 cm³/mol. The Hall–Kier alpha value is -1.91. The monoisotopic (exact) mass is 374 g/mol. The molecule has 5 heteroatoms. The van der Waals surface area contributed by atoms with Gasteiger partial charge in [0, 0.05) is 19.6 Å². The number of nitrogens with one attached hydrogen (secondary N) is 2. The molecule has 0 atom stereocenters. The largest absolute Gasteiger partial charge is 0.351 e. The molecule has 2 aromatic rings. The predicted octanol–water partition coefficient (Wildman–Crippen LogP) is 3.98. The van der Waals surface area contributed by atoms with Crippen LogP contribution in [0.15, 0.2) is 42.5 Å². The summed E-state index contributed by atoms with van der Waals surface area (Å²) in [6.07, 6.45) is 3.59. The quantitative estimate of drug-likeness (QED) is 0.849. The van der Waals surface area contributed by atoms with Crippen molar-refractivity contribution in [2.45, 2.75) is 50.7 Å². The molecule has 0 bridgehead atoms. The molecule has 0 radical (unpaired) electrons. The van der Waals surface area contributed by atoms with E-state index < -0.39 is 5.41 Å². The molecule has 2 aromatic carbocycles. The fraction of sp³-hybridized carbons (Fsp3) is 0.381. The third-order valence-corrected chi connectivity index (χ3v) is 5.62. The van der Waals surface area contributed by atoms with Crippen LogP contribution in [0.25, 0.3) is 0 Å². The summed E-state index contributed by atoms with van der Waals surface area (Å²) in [6, 6.07) is 12.9. The van der Waals surface area contributed by atoms with Gasteiger partial charge in [-0.3, -0.25) is 4.79 Å². The average molecular weight is 375 g/mol. The number of benzene rings is 2. The third kappa shape index (κ3) is 3.49. The molecule has 1 aliphatic carbocycles. The molecule has 138 valence electrons. The van der Waals surface area contributed by atoms with Gasteiger partial charge < -0.3 is 10.6 Å².